The molecular weight excluding hydrogens is 785 g/mol. The molecule has 0 bridgehead atoms. The summed E-state index contributed by atoms with van der Waals surface area (Å²) in [6.07, 6.45) is 0. The Hall–Kier alpha value is -8.62. The summed E-state index contributed by atoms with van der Waals surface area (Å²) in [5.74, 6) is 2.84. The van der Waals surface area contributed by atoms with Crippen molar-refractivity contribution in [3.8, 4) is 56.7 Å². The van der Waals surface area contributed by atoms with Gasteiger partial charge in [-0.15, -0.1) is 0 Å². The third kappa shape index (κ3) is 8.23. The molecule has 8 heteroatoms. The highest BCUT2D eigenvalue weighted by molar-refractivity contribution is 5.82. The van der Waals surface area contributed by atoms with Crippen molar-refractivity contribution in [1.82, 2.24) is 29.9 Å². The van der Waals surface area contributed by atoms with E-state index in [0.717, 1.165) is 67.3 Å². The molecule has 0 amide bonds. The summed E-state index contributed by atoms with van der Waals surface area (Å²) in [5.41, 5.74) is 11.9. The van der Waals surface area contributed by atoms with Gasteiger partial charge < -0.3 is 4.90 Å². The van der Waals surface area contributed by atoms with Gasteiger partial charge in [-0.05, 0) is 84.6 Å². The number of nitrogens with zero attached hydrogens (tertiary/aromatic N) is 8. The topological polar surface area (TPSA) is 83.8 Å². The molecule has 10 aromatic rings. The highest BCUT2D eigenvalue weighted by Gasteiger charge is 2.25. The van der Waals surface area contributed by atoms with Gasteiger partial charge >= 0.3 is 0 Å². The lowest BCUT2D eigenvalue weighted by Gasteiger charge is -2.26. The number of benzene rings is 8. The molecule has 0 fully saturated rings. The third-order valence-electron chi connectivity index (χ3n) is 11.0. The number of anilines is 6. The van der Waals surface area contributed by atoms with E-state index >= 15 is 0 Å². The maximum atomic E-state index is 5.19. The van der Waals surface area contributed by atoms with Crippen LogP contribution in [0, 0.1) is 13.8 Å². The second-order valence-electron chi connectivity index (χ2n) is 15.4. The molecule has 0 radical (unpaired) electrons. The molecule has 2 heterocycles. The van der Waals surface area contributed by atoms with Crippen LogP contribution in [0.25, 0.3) is 56.7 Å². The number of rotatable bonds is 11. The minimum absolute atomic E-state index is 0.367. The lowest BCUT2D eigenvalue weighted by molar-refractivity contribution is 0.963. The Kier molecular flexibility index (Phi) is 11.0. The van der Waals surface area contributed by atoms with Crippen molar-refractivity contribution < 1.29 is 0 Å². The molecule has 0 atom stereocenters. The van der Waals surface area contributed by atoms with Crippen LogP contribution in [0.4, 0.5) is 34.6 Å². The second kappa shape index (κ2) is 17.8. The maximum absolute atomic E-state index is 5.19. The van der Waals surface area contributed by atoms with E-state index < -0.39 is 0 Å². The van der Waals surface area contributed by atoms with Crippen molar-refractivity contribution in [3.63, 3.8) is 0 Å². The van der Waals surface area contributed by atoms with Crippen LogP contribution >= 0.6 is 0 Å². The summed E-state index contributed by atoms with van der Waals surface area (Å²) in [6, 6.07) is 73.9. The molecule has 0 aliphatic carbocycles. The molecule has 0 saturated heterocycles. The van der Waals surface area contributed by atoms with Crippen molar-refractivity contribution in [3.05, 3.63) is 230 Å². The maximum Gasteiger partial charge on any atom is 0.241 e. The predicted molar refractivity (Wildman–Crippen MR) is 259 cm³/mol. The smallest absolute Gasteiger partial charge is 0.241 e. The van der Waals surface area contributed by atoms with Crippen molar-refractivity contribution in [2.24, 2.45) is 0 Å². The number of aryl methyl sites for hydroxylation is 2. The molecule has 8 nitrogen and oxygen atoms in total. The average molecular weight is 827 g/mol. The zero-order valence-corrected chi connectivity index (χ0v) is 35.4. The molecule has 0 unspecified atom stereocenters. The van der Waals surface area contributed by atoms with Gasteiger partial charge in [0.1, 0.15) is 0 Å². The van der Waals surface area contributed by atoms with Crippen LogP contribution in [0.5, 0.6) is 0 Å². The van der Waals surface area contributed by atoms with E-state index in [1.807, 2.05) is 138 Å². The van der Waals surface area contributed by atoms with Crippen LogP contribution in [-0.2, 0) is 0 Å². The Morgan fingerprint density at radius 1 is 0.266 bits per heavy atom. The molecule has 0 N–H and O–H groups in total. The molecule has 8 aromatic carbocycles. The van der Waals surface area contributed by atoms with Gasteiger partial charge in [-0.2, -0.15) is 19.9 Å². The van der Waals surface area contributed by atoms with E-state index in [1.54, 1.807) is 0 Å². The first kappa shape index (κ1) is 39.5. The SMILES string of the molecule is Cc1cc(N(c2ccccc2)c2ccccc2)ccc1-c1ccc(N(c2nc(-c3ccccc3)nc(-c3ccccc3)n2)c2nc(-c3ccccc3)nc(-c3ccccc3)n2)cc1C. The van der Waals surface area contributed by atoms with Crippen LogP contribution in [0.1, 0.15) is 11.1 Å². The van der Waals surface area contributed by atoms with E-state index in [4.69, 9.17) is 29.9 Å². The third-order valence-corrected chi connectivity index (χ3v) is 11.0. The summed E-state index contributed by atoms with van der Waals surface area (Å²) in [5, 5.41) is 0. The quantitative estimate of drug-likeness (QED) is 0.127. The Balaban J connectivity index is 1.14. The van der Waals surface area contributed by atoms with Gasteiger partial charge in [0.15, 0.2) is 23.3 Å². The molecule has 0 aliphatic heterocycles. The molecular formula is C56H42N8. The fraction of sp³-hybridized carbons (Fsp3) is 0.0357. The van der Waals surface area contributed by atoms with Crippen molar-refractivity contribution in [2.45, 2.75) is 13.8 Å². The number of para-hydroxylation sites is 2. The summed E-state index contributed by atoms with van der Waals surface area (Å²) in [6.45, 7) is 4.32. The van der Waals surface area contributed by atoms with Crippen LogP contribution in [0.3, 0.4) is 0 Å². The summed E-state index contributed by atoms with van der Waals surface area (Å²) in [7, 11) is 0. The summed E-state index contributed by atoms with van der Waals surface area (Å²) in [4.78, 5) is 35.0. The zero-order chi connectivity index (χ0) is 43.2. The Labute approximate surface area is 373 Å². The number of hydrogen-bond acceptors (Lipinski definition) is 8. The van der Waals surface area contributed by atoms with Gasteiger partial charge in [0.25, 0.3) is 0 Å². The van der Waals surface area contributed by atoms with Crippen molar-refractivity contribution in [1.29, 1.82) is 0 Å². The fourth-order valence-electron chi connectivity index (χ4n) is 7.89. The van der Waals surface area contributed by atoms with Crippen LogP contribution < -0.4 is 9.80 Å². The highest BCUT2D eigenvalue weighted by Crippen LogP contribution is 2.40. The lowest BCUT2D eigenvalue weighted by Crippen LogP contribution is -2.19. The molecule has 0 aliphatic rings. The van der Waals surface area contributed by atoms with E-state index in [2.05, 4.69) is 104 Å². The van der Waals surface area contributed by atoms with Crippen LogP contribution in [-0.4, -0.2) is 29.9 Å². The van der Waals surface area contributed by atoms with Crippen LogP contribution in [0.15, 0.2) is 218 Å². The first-order valence-corrected chi connectivity index (χ1v) is 21.2. The van der Waals surface area contributed by atoms with Gasteiger partial charge in [0, 0.05) is 39.3 Å². The molecule has 306 valence electrons. The van der Waals surface area contributed by atoms with E-state index in [0.29, 0.717) is 35.2 Å². The van der Waals surface area contributed by atoms with Gasteiger partial charge in [-0.25, -0.2) is 14.9 Å². The van der Waals surface area contributed by atoms with Crippen molar-refractivity contribution in [2.75, 3.05) is 9.80 Å². The summed E-state index contributed by atoms with van der Waals surface area (Å²) >= 11 is 0. The Bertz CT molecular complexity index is 2890. The molecule has 0 spiro atoms. The number of aromatic nitrogens is 6. The lowest BCUT2D eigenvalue weighted by atomic mass is 9.95. The Morgan fingerprint density at radius 3 is 0.844 bits per heavy atom. The minimum atomic E-state index is 0.367. The molecule has 2 aromatic heterocycles. The van der Waals surface area contributed by atoms with Crippen molar-refractivity contribution >= 4 is 34.6 Å². The molecule has 10 rings (SSSR count). The molecule has 0 saturated carbocycles. The zero-order valence-electron chi connectivity index (χ0n) is 35.4. The first-order chi connectivity index (χ1) is 31.6. The van der Waals surface area contributed by atoms with Crippen LogP contribution in [0.2, 0.25) is 0 Å². The minimum Gasteiger partial charge on any atom is -0.310 e. The van der Waals surface area contributed by atoms with Gasteiger partial charge in [0.2, 0.25) is 11.9 Å². The molecule has 64 heavy (non-hydrogen) atoms. The van der Waals surface area contributed by atoms with Gasteiger partial charge in [0.05, 0.1) is 5.69 Å². The monoisotopic (exact) mass is 826 g/mol. The highest BCUT2D eigenvalue weighted by atomic mass is 15.4. The Morgan fingerprint density at radius 2 is 0.547 bits per heavy atom. The largest absolute Gasteiger partial charge is 0.310 e. The van der Waals surface area contributed by atoms with E-state index in [-0.39, 0.29) is 0 Å². The standard InChI is InChI=1S/C56H42N8/c1-39-37-47(63(45-29-17-7-18-30-45)46-31-19-8-20-32-46)33-35-49(39)50-36-34-48(38-40(50)2)64(55-59-51(41-21-9-3-10-22-41)57-52(60-55)42-23-11-4-12-24-42)56-61-53(43-25-13-5-14-26-43)58-54(62-56)44-27-15-6-16-28-44/h3-38H,1-2H3. The predicted octanol–water partition coefficient (Wildman–Crippen LogP) is 13.9. The second-order valence-corrected chi connectivity index (χ2v) is 15.4. The first-order valence-electron chi connectivity index (χ1n) is 21.2. The summed E-state index contributed by atoms with van der Waals surface area (Å²) < 4.78 is 0. The van der Waals surface area contributed by atoms with E-state index in [1.165, 1.54) is 0 Å². The van der Waals surface area contributed by atoms with Gasteiger partial charge in [-0.3, -0.25) is 0 Å². The number of hydrogen-bond donors (Lipinski definition) is 0. The van der Waals surface area contributed by atoms with E-state index in [9.17, 15) is 0 Å². The average Bonchev–Trinajstić information content (AvgIpc) is 3.36. The fourth-order valence-corrected chi connectivity index (χ4v) is 7.89. The normalized spacial score (nSPS) is 11.0. The van der Waals surface area contributed by atoms with Gasteiger partial charge in [-0.1, -0.05) is 170 Å².